The summed E-state index contributed by atoms with van der Waals surface area (Å²) in [6, 6.07) is 0.708. The Morgan fingerprint density at radius 2 is 1.64 bits per heavy atom. The molecule has 0 saturated carbocycles. The molecule has 0 spiro atoms. The van der Waals surface area contributed by atoms with Crippen molar-refractivity contribution in [1.82, 2.24) is 9.80 Å². The third-order valence-electron chi connectivity index (χ3n) is 6.03. The van der Waals surface area contributed by atoms with E-state index in [1.807, 2.05) is 0 Å². The van der Waals surface area contributed by atoms with Crippen molar-refractivity contribution in [3.63, 3.8) is 0 Å². The Kier molecular flexibility index (Phi) is 4.45. The number of hydrogen-bond acceptors (Lipinski definition) is 4. The Balaban J connectivity index is 1.58. The summed E-state index contributed by atoms with van der Waals surface area (Å²) in [4.78, 5) is 5.09. The van der Waals surface area contributed by atoms with Crippen molar-refractivity contribution in [2.45, 2.75) is 64.2 Å². The van der Waals surface area contributed by atoms with E-state index in [9.17, 15) is 0 Å². The average molecular weight is 306 g/mol. The molecule has 0 radical (unpaired) electrons. The first-order chi connectivity index (χ1) is 10.3. The van der Waals surface area contributed by atoms with Crippen molar-refractivity contribution in [3.8, 4) is 0 Å². The molecule has 124 valence electrons. The zero-order valence-corrected chi connectivity index (χ0v) is 14.9. The van der Waals surface area contributed by atoms with Gasteiger partial charge in [0.05, 0.1) is 11.2 Å². The highest BCUT2D eigenvalue weighted by molar-refractivity contribution is 6.54. The monoisotopic (exact) mass is 306 g/mol. The van der Waals surface area contributed by atoms with E-state index in [1.165, 1.54) is 38.1 Å². The number of allylic oxidation sites excluding steroid dienone is 1. The number of nitrogens with zero attached hydrogens (tertiary/aromatic N) is 2. The summed E-state index contributed by atoms with van der Waals surface area (Å²) in [6.07, 6.45) is 5.87. The van der Waals surface area contributed by atoms with Crippen LogP contribution in [0, 0.1) is 0 Å². The molecular weight excluding hydrogens is 275 g/mol. The Labute approximate surface area is 136 Å². The van der Waals surface area contributed by atoms with Crippen LogP contribution in [0.25, 0.3) is 0 Å². The van der Waals surface area contributed by atoms with Crippen LogP contribution >= 0.6 is 0 Å². The van der Waals surface area contributed by atoms with E-state index in [2.05, 4.69) is 50.6 Å². The van der Waals surface area contributed by atoms with Gasteiger partial charge >= 0.3 is 7.12 Å². The predicted molar refractivity (Wildman–Crippen MR) is 90.9 cm³/mol. The summed E-state index contributed by atoms with van der Waals surface area (Å²) >= 11 is 0. The van der Waals surface area contributed by atoms with Gasteiger partial charge in [0, 0.05) is 32.2 Å². The van der Waals surface area contributed by atoms with Gasteiger partial charge in [-0.3, -0.25) is 4.90 Å². The van der Waals surface area contributed by atoms with Crippen molar-refractivity contribution in [2.75, 3.05) is 33.2 Å². The van der Waals surface area contributed by atoms with Gasteiger partial charge in [0.15, 0.2) is 0 Å². The molecule has 1 aliphatic carbocycles. The maximum absolute atomic E-state index is 6.19. The number of rotatable bonds is 2. The van der Waals surface area contributed by atoms with Crippen LogP contribution in [-0.2, 0) is 9.31 Å². The molecule has 0 aromatic carbocycles. The zero-order chi connectivity index (χ0) is 16.0. The minimum Gasteiger partial charge on any atom is -0.400 e. The molecule has 2 saturated heterocycles. The summed E-state index contributed by atoms with van der Waals surface area (Å²) in [5.41, 5.74) is 0.892. The molecule has 1 atom stereocenters. The maximum atomic E-state index is 6.19. The van der Waals surface area contributed by atoms with E-state index in [4.69, 9.17) is 9.31 Å². The van der Waals surface area contributed by atoms with Gasteiger partial charge in [-0.15, -0.1) is 0 Å². The fourth-order valence-electron chi connectivity index (χ4n) is 3.57. The summed E-state index contributed by atoms with van der Waals surface area (Å²) in [6.45, 7) is 13.3. The molecule has 0 bridgehead atoms. The lowest BCUT2D eigenvalue weighted by molar-refractivity contribution is 0.00578. The molecular formula is C17H31BN2O2. The van der Waals surface area contributed by atoms with Crippen molar-refractivity contribution in [3.05, 3.63) is 11.5 Å². The van der Waals surface area contributed by atoms with Crippen LogP contribution in [0.15, 0.2) is 11.5 Å². The van der Waals surface area contributed by atoms with Gasteiger partial charge in [0.1, 0.15) is 0 Å². The molecule has 22 heavy (non-hydrogen) atoms. The first kappa shape index (κ1) is 16.5. The van der Waals surface area contributed by atoms with Crippen LogP contribution < -0.4 is 0 Å². The Bertz CT molecular complexity index is 426. The maximum Gasteiger partial charge on any atom is 0.490 e. The zero-order valence-electron chi connectivity index (χ0n) is 14.9. The largest absolute Gasteiger partial charge is 0.490 e. The molecule has 4 nitrogen and oxygen atoms in total. The van der Waals surface area contributed by atoms with Crippen LogP contribution in [0.2, 0.25) is 0 Å². The molecule has 0 unspecified atom stereocenters. The fraction of sp³-hybridized carbons (Fsp3) is 0.882. The standard InChI is InChI=1S/C17H31BN2O2/c1-16(2)17(3,4)22-18(21-16)14-6-8-15(9-7-14)20-12-10-19(5)11-13-20/h6,15H,7-13H2,1-5H3/t15-/m1/s1. The number of piperazine rings is 1. The van der Waals surface area contributed by atoms with Crippen molar-refractivity contribution < 1.29 is 9.31 Å². The fourth-order valence-corrected chi connectivity index (χ4v) is 3.57. The van der Waals surface area contributed by atoms with Crippen LogP contribution in [-0.4, -0.2) is 67.4 Å². The molecule has 0 aromatic heterocycles. The molecule has 0 amide bonds. The number of hydrogen-bond donors (Lipinski definition) is 0. The molecule has 3 rings (SSSR count). The second-order valence-electron chi connectivity index (χ2n) is 8.13. The van der Waals surface area contributed by atoms with Crippen LogP contribution in [0.5, 0.6) is 0 Å². The van der Waals surface area contributed by atoms with Gasteiger partial charge in [-0.25, -0.2) is 0 Å². The van der Waals surface area contributed by atoms with E-state index in [1.54, 1.807) is 0 Å². The van der Waals surface area contributed by atoms with Gasteiger partial charge in [-0.2, -0.15) is 0 Å². The predicted octanol–water partition coefficient (Wildman–Crippen LogP) is 2.34. The molecule has 0 aromatic rings. The highest BCUT2D eigenvalue weighted by Gasteiger charge is 2.52. The smallest absolute Gasteiger partial charge is 0.400 e. The second kappa shape index (κ2) is 5.93. The van der Waals surface area contributed by atoms with Crippen molar-refractivity contribution >= 4 is 7.12 Å². The highest BCUT2D eigenvalue weighted by Crippen LogP contribution is 2.40. The summed E-state index contributed by atoms with van der Waals surface area (Å²) in [7, 11) is 2.08. The van der Waals surface area contributed by atoms with Crippen molar-refractivity contribution in [1.29, 1.82) is 0 Å². The molecule has 5 heteroatoms. The van der Waals surface area contributed by atoms with E-state index >= 15 is 0 Å². The minimum atomic E-state index is -0.229. The molecule has 2 aliphatic heterocycles. The Morgan fingerprint density at radius 1 is 1.05 bits per heavy atom. The quantitative estimate of drug-likeness (QED) is 0.731. The first-order valence-corrected chi connectivity index (χ1v) is 8.76. The summed E-state index contributed by atoms with van der Waals surface area (Å²) in [5.74, 6) is 0. The molecule has 2 heterocycles. The minimum absolute atomic E-state index is 0.140. The topological polar surface area (TPSA) is 24.9 Å². The average Bonchev–Trinajstić information content (AvgIpc) is 2.68. The highest BCUT2D eigenvalue weighted by atomic mass is 16.7. The van der Waals surface area contributed by atoms with Gasteiger partial charge < -0.3 is 14.2 Å². The van der Waals surface area contributed by atoms with Crippen molar-refractivity contribution in [2.24, 2.45) is 0 Å². The SMILES string of the molecule is CN1CCN([C@@H]2CC=C(B3OC(C)(C)C(C)(C)O3)CC2)CC1. The lowest BCUT2D eigenvalue weighted by Gasteiger charge is -2.39. The lowest BCUT2D eigenvalue weighted by Crippen LogP contribution is -2.49. The molecule has 3 aliphatic rings. The van der Waals surface area contributed by atoms with E-state index < -0.39 is 0 Å². The van der Waals surface area contributed by atoms with Gasteiger partial charge in [0.2, 0.25) is 0 Å². The van der Waals surface area contributed by atoms with Gasteiger partial charge in [-0.1, -0.05) is 6.08 Å². The molecule has 2 fully saturated rings. The van der Waals surface area contributed by atoms with Crippen LogP contribution in [0.4, 0.5) is 0 Å². The Hall–Kier alpha value is -0.355. The van der Waals surface area contributed by atoms with E-state index in [0.717, 1.165) is 12.8 Å². The Morgan fingerprint density at radius 3 is 2.14 bits per heavy atom. The van der Waals surface area contributed by atoms with Crippen LogP contribution in [0.1, 0.15) is 47.0 Å². The first-order valence-electron chi connectivity index (χ1n) is 8.76. The summed E-state index contributed by atoms with van der Waals surface area (Å²) in [5, 5.41) is 0. The van der Waals surface area contributed by atoms with Gasteiger partial charge in [0.25, 0.3) is 0 Å². The number of likely N-dealkylation sites (N-methyl/N-ethyl adjacent to an activating group) is 1. The second-order valence-corrected chi connectivity index (χ2v) is 8.13. The van der Waals surface area contributed by atoms with E-state index in [-0.39, 0.29) is 18.3 Å². The summed E-state index contributed by atoms with van der Waals surface area (Å²) < 4.78 is 12.4. The van der Waals surface area contributed by atoms with Crippen LogP contribution in [0.3, 0.4) is 0 Å². The molecule has 0 N–H and O–H groups in total. The normalized spacial score (nSPS) is 33.0. The lowest BCUT2D eigenvalue weighted by atomic mass is 9.71. The van der Waals surface area contributed by atoms with Gasteiger partial charge in [-0.05, 0) is 59.5 Å². The third-order valence-corrected chi connectivity index (χ3v) is 6.03. The van der Waals surface area contributed by atoms with E-state index in [0.29, 0.717) is 6.04 Å². The third kappa shape index (κ3) is 3.14.